The number of rotatable bonds is 2. The lowest BCUT2D eigenvalue weighted by molar-refractivity contribution is 0.404. The van der Waals surface area contributed by atoms with Crippen molar-refractivity contribution in [1.29, 1.82) is 5.26 Å². The predicted molar refractivity (Wildman–Crippen MR) is 83.0 cm³/mol. The van der Waals surface area contributed by atoms with Crippen molar-refractivity contribution in [2.24, 2.45) is 5.18 Å². The van der Waals surface area contributed by atoms with E-state index in [4.69, 9.17) is 5.26 Å². The Morgan fingerprint density at radius 3 is 2.30 bits per heavy atom. The van der Waals surface area contributed by atoms with Gasteiger partial charge in [-0.15, -0.1) is 4.91 Å². The zero-order valence-electron chi connectivity index (χ0n) is 11.6. The van der Waals surface area contributed by atoms with Crippen LogP contribution in [0.2, 0.25) is 0 Å². The Balaban J connectivity index is 2.43. The van der Waals surface area contributed by atoms with Crippen molar-refractivity contribution >= 4 is 16.6 Å². The third kappa shape index (κ3) is 2.28. The number of nitriles is 1. The van der Waals surface area contributed by atoms with E-state index in [0.29, 0.717) is 16.6 Å². The lowest BCUT2D eigenvalue weighted by atomic mass is 10.1. The molecule has 23 heavy (non-hydrogen) atoms. The molecule has 1 aromatic heterocycles. The SMILES string of the molecule is N#Cc1cc2cc(O)c(O)cc2n(-c2ccc(N=O)cc2)c1=O. The van der Waals surface area contributed by atoms with Crippen LogP contribution < -0.4 is 5.56 Å². The highest BCUT2D eigenvalue weighted by molar-refractivity contribution is 5.85. The van der Waals surface area contributed by atoms with Gasteiger partial charge in [-0.2, -0.15) is 5.26 Å². The summed E-state index contributed by atoms with van der Waals surface area (Å²) in [5, 5.41) is 31.6. The van der Waals surface area contributed by atoms with Gasteiger partial charge >= 0.3 is 0 Å². The zero-order chi connectivity index (χ0) is 16.6. The molecule has 0 radical (unpaired) electrons. The molecule has 0 saturated carbocycles. The molecule has 0 aliphatic rings. The van der Waals surface area contributed by atoms with Crippen LogP contribution in [0.3, 0.4) is 0 Å². The number of pyridine rings is 1. The van der Waals surface area contributed by atoms with Crippen LogP contribution in [-0.4, -0.2) is 14.8 Å². The summed E-state index contributed by atoms with van der Waals surface area (Å²) in [6.07, 6.45) is 0. The van der Waals surface area contributed by atoms with E-state index in [9.17, 15) is 19.9 Å². The van der Waals surface area contributed by atoms with Gasteiger partial charge in [-0.25, -0.2) is 0 Å². The summed E-state index contributed by atoms with van der Waals surface area (Å²) in [7, 11) is 0. The van der Waals surface area contributed by atoms with Gasteiger partial charge in [0.15, 0.2) is 11.5 Å². The Labute approximate surface area is 129 Å². The van der Waals surface area contributed by atoms with E-state index < -0.39 is 5.56 Å². The fourth-order valence-corrected chi connectivity index (χ4v) is 2.34. The topological polar surface area (TPSA) is 116 Å². The van der Waals surface area contributed by atoms with E-state index in [1.807, 2.05) is 6.07 Å². The van der Waals surface area contributed by atoms with Gasteiger partial charge in [0.2, 0.25) is 0 Å². The molecule has 0 unspecified atom stereocenters. The Morgan fingerprint density at radius 1 is 1.04 bits per heavy atom. The fraction of sp³-hybridized carbons (Fsp3) is 0. The van der Waals surface area contributed by atoms with Crippen LogP contribution in [0.1, 0.15) is 5.56 Å². The first kappa shape index (κ1) is 14.3. The van der Waals surface area contributed by atoms with E-state index in [1.165, 1.54) is 47.0 Å². The third-order valence-corrected chi connectivity index (χ3v) is 3.43. The molecule has 0 aliphatic carbocycles. The van der Waals surface area contributed by atoms with Crippen LogP contribution in [0.4, 0.5) is 5.69 Å². The molecule has 0 fully saturated rings. The number of nitroso groups, excluding NO2 is 1. The van der Waals surface area contributed by atoms with Crippen LogP contribution in [0, 0.1) is 16.2 Å². The molecule has 0 saturated heterocycles. The summed E-state index contributed by atoms with van der Waals surface area (Å²) in [5.74, 6) is -0.742. The first-order chi connectivity index (χ1) is 11.0. The van der Waals surface area contributed by atoms with E-state index in [0.717, 1.165) is 0 Å². The highest BCUT2D eigenvalue weighted by Gasteiger charge is 2.13. The normalized spacial score (nSPS) is 10.4. The minimum Gasteiger partial charge on any atom is -0.504 e. The number of phenolic OH excluding ortho intramolecular Hbond substituents is 2. The number of hydrogen-bond acceptors (Lipinski definition) is 6. The monoisotopic (exact) mass is 307 g/mol. The third-order valence-electron chi connectivity index (χ3n) is 3.43. The first-order valence-corrected chi connectivity index (χ1v) is 6.51. The summed E-state index contributed by atoms with van der Waals surface area (Å²) < 4.78 is 1.22. The van der Waals surface area contributed by atoms with Crippen LogP contribution in [0.15, 0.2) is 52.4 Å². The van der Waals surface area contributed by atoms with Crippen LogP contribution >= 0.6 is 0 Å². The van der Waals surface area contributed by atoms with Crippen LogP contribution in [0.5, 0.6) is 11.5 Å². The summed E-state index contributed by atoms with van der Waals surface area (Å²) in [6.45, 7) is 0. The van der Waals surface area contributed by atoms with Gasteiger partial charge in [0.05, 0.1) is 5.52 Å². The minimum absolute atomic E-state index is 0.111. The number of aromatic hydroxyl groups is 2. The smallest absolute Gasteiger partial charge is 0.273 e. The average Bonchev–Trinajstić information content (AvgIpc) is 2.56. The van der Waals surface area contributed by atoms with E-state index in [2.05, 4.69) is 5.18 Å². The molecule has 3 rings (SSSR count). The molecule has 0 bridgehead atoms. The highest BCUT2D eigenvalue weighted by Crippen LogP contribution is 2.31. The maximum atomic E-state index is 12.5. The Kier molecular flexibility index (Phi) is 3.27. The van der Waals surface area contributed by atoms with Crippen molar-refractivity contribution in [2.75, 3.05) is 0 Å². The number of phenols is 2. The Hall–Kier alpha value is -3.66. The molecule has 7 nitrogen and oxygen atoms in total. The summed E-state index contributed by atoms with van der Waals surface area (Å²) in [6, 6.07) is 11.5. The van der Waals surface area contributed by atoms with Crippen molar-refractivity contribution in [3.05, 3.63) is 63.3 Å². The van der Waals surface area contributed by atoms with Crippen molar-refractivity contribution in [2.45, 2.75) is 0 Å². The first-order valence-electron chi connectivity index (χ1n) is 6.51. The van der Waals surface area contributed by atoms with Crippen LogP contribution in [0.25, 0.3) is 16.6 Å². The van der Waals surface area contributed by atoms with Gasteiger partial charge in [0.1, 0.15) is 17.3 Å². The largest absolute Gasteiger partial charge is 0.504 e. The summed E-state index contributed by atoms with van der Waals surface area (Å²) in [5.41, 5.74) is 0.228. The second kappa shape index (κ2) is 5.27. The molecule has 7 heteroatoms. The van der Waals surface area contributed by atoms with Crippen molar-refractivity contribution < 1.29 is 10.2 Å². The molecule has 2 N–H and O–H groups in total. The number of hydrogen-bond donors (Lipinski definition) is 2. The maximum Gasteiger partial charge on any atom is 0.273 e. The molecule has 2 aromatic carbocycles. The van der Waals surface area contributed by atoms with E-state index in [-0.39, 0.29) is 22.7 Å². The molecule has 3 aromatic rings. The standard InChI is InChI=1S/C16H9N3O4/c17-8-10-5-9-6-14(20)15(21)7-13(9)19(16(10)22)12-3-1-11(18-23)2-4-12/h1-7,20-21H. The molecule has 1 heterocycles. The molecular formula is C16H9N3O4. The molecule has 112 valence electrons. The fourth-order valence-electron chi connectivity index (χ4n) is 2.34. The van der Waals surface area contributed by atoms with E-state index in [1.54, 1.807) is 0 Å². The second-order valence-electron chi connectivity index (χ2n) is 4.82. The lowest BCUT2D eigenvalue weighted by Crippen LogP contribution is -2.21. The molecule has 0 atom stereocenters. The maximum absolute atomic E-state index is 12.5. The van der Waals surface area contributed by atoms with Gasteiger partial charge in [-0.3, -0.25) is 9.36 Å². The van der Waals surface area contributed by atoms with Gasteiger partial charge in [0.25, 0.3) is 5.56 Å². The minimum atomic E-state index is -0.572. The number of aromatic nitrogens is 1. The van der Waals surface area contributed by atoms with Crippen molar-refractivity contribution in [3.63, 3.8) is 0 Å². The molecular weight excluding hydrogens is 298 g/mol. The molecule has 0 amide bonds. The van der Waals surface area contributed by atoms with Crippen molar-refractivity contribution in [3.8, 4) is 23.3 Å². The zero-order valence-corrected chi connectivity index (χ0v) is 11.6. The number of benzene rings is 2. The Morgan fingerprint density at radius 2 is 1.70 bits per heavy atom. The lowest BCUT2D eigenvalue weighted by Gasteiger charge is -2.12. The van der Waals surface area contributed by atoms with Gasteiger partial charge < -0.3 is 10.2 Å². The quantitative estimate of drug-likeness (QED) is 0.557. The van der Waals surface area contributed by atoms with Gasteiger partial charge in [0, 0.05) is 17.1 Å². The summed E-state index contributed by atoms with van der Waals surface area (Å²) in [4.78, 5) is 23.0. The van der Waals surface area contributed by atoms with Crippen LogP contribution in [-0.2, 0) is 0 Å². The second-order valence-corrected chi connectivity index (χ2v) is 4.82. The number of nitrogens with zero attached hydrogens (tertiary/aromatic N) is 3. The summed E-state index contributed by atoms with van der Waals surface area (Å²) >= 11 is 0. The van der Waals surface area contributed by atoms with Crippen molar-refractivity contribution in [1.82, 2.24) is 4.57 Å². The Bertz CT molecular complexity index is 1030. The number of fused-ring (bicyclic) bond motifs is 1. The van der Waals surface area contributed by atoms with Gasteiger partial charge in [-0.05, 0) is 41.6 Å². The predicted octanol–water partition coefficient (Wildman–Crippen LogP) is 2.67. The highest BCUT2D eigenvalue weighted by atomic mass is 16.3. The van der Waals surface area contributed by atoms with Gasteiger partial charge in [-0.1, -0.05) is 0 Å². The average molecular weight is 307 g/mol. The molecule has 0 spiro atoms. The molecule has 0 aliphatic heterocycles. The van der Waals surface area contributed by atoms with E-state index >= 15 is 0 Å².